The fourth-order valence-electron chi connectivity index (χ4n) is 3.29. The van der Waals surface area contributed by atoms with Crippen LogP contribution in [0.4, 0.5) is 10.1 Å². The smallest absolute Gasteiger partial charge is 0.182 e. The summed E-state index contributed by atoms with van der Waals surface area (Å²) < 4.78 is 20.7. The number of halogens is 2. The molecule has 0 bridgehead atoms. The van der Waals surface area contributed by atoms with Crippen LogP contribution in [0.15, 0.2) is 89.1 Å². The summed E-state index contributed by atoms with van der Waals surface area (Å²) in [7, 11) is 1.53. The van der Waals surface area contributed by atoms with Crippen molar-refractivity contribution in [1.29, 1.82) is 0 Å². The van der Waals surface area contributed by atoms with Gasteiger partial charge < -0.3 is 10.1 Å². The van der Waals surface area contributed by atoms with Crippen LogP contribution in [0.2, 0.25) is 5.02 Å². The van der Waals surface area contributed by atoms with E-state index in [1.807, 2.05) is 24.3 Å². The predicted octanol–water partition coefficient (Wildman–Crippen LogP) is 5.28. The molecule has 2 heterocycles. The molecule has 2 aromatic carbocycles. The van der Waals surface area contributed by atoms with Crippen LogP contribution in [0.1, 0.15) is 11.3 Å². The first-order valence-electron chi connectivity index (χ1n) is 9.94. The number of pyridine rings is 1. The Morgan fingerprint density at radius 3 is 2.76 bits per heavy atom. The second kappa shape index (κ2) is 10.1. The van der Waals surface area contributed by atoms with Crippen molar-refractivity contribution in [3.8, 4) is 0 Å². The lowest BCUT2D eigenvalue weighted by Gasteiger charge is -2.07. The molecule has 0 saturated carbocycles. The van der Waals surface area contributed by atoms with Crippen LogP contribution in [0, 0.1) is 5.82 Å². The van der Waals surface area contributed by atoms with Crippen LogP contribution in [0.25, 0.3) is 10.9 Å². The van der Waals surface area contributed by atoms with E-state index < -0.39 is 0 Å². The number of anilines is 1. The average Bonchev–Trinajstić information content (AvgIpc) is 3.19. The molecule has 33 heavy (non-hydrogen) atoms. The van der Waals surface area contributed by atoms with E-state index >= 15 is 0 Å². The van der Waals surface area contributed by atoms with Crippen LogP contribution in [0.3, 0.4) is 0 Å². The van der Waals surface area contributed by atoms with Crippen LogP contribution < -0.4 is 5.32 Å². The number of ether oxygens (including phenoxy) is 1. The van der Waals surface area contributed by atoms with Gasteiger partial charge >= 0.3 is 0 Å². The molecule has 0 aliphatic rings. The summed E-state index contributed by atoms with van der Waals surface area (Å²) in [6, 6.07) is 15.5. The highest BCUT2D eigenvalue weighted by atomic mass is 35.5. The summed E-state index contributed by atoms with van der Waals surface area (Å²) in [6.45, 7) is 3.95. The zero-order valence-corrected chi connectivity index (χ0v) is 18.5. The Labute approximate surface area is 194 Å². The van der Waals surface area contributed by atoms with Gasteiger partial charge in [0.1, 0.15) is 17.8 Å². The van der Waals surface area contributed by atoms with E-state index in [-0.39, 0.29) is 12.4 Å². The Bertz CT molecular complexity index is 1350. The number of fused-ring (bicyclic) bond motifs is 1. The van der Waals surface area contributed by atoms with Gasteiger partial charge in [-0.1, -0.05) is 29.8 Å². The second-order valence-corrected chi connectivity index (χ2v) is 7.36. The largest absolute Gasteiger partial charge is 0.501 e. The SMILES string of the molecule is C=NC(=N/C(=C/OC)Nc1ccncc1)c1nn(Cc2cc(F)ccc2Cl)c2ccccc12. The first-order chi connectivity index (χ1) is 16.1. The summed E-state index contributed by atoms with van der Waals surface area (Å²) in [5, 5.41) is 9.14. The molecule has 0 aliphatic carbocycles. The topological polar surface area (TPSA) is 76.7 Å². The lowest BCUT2D eigenvalue weighted by atomic mass is 10.2. The number of hydrogen-bond acceptors (Lipinski definition) is 5. The molecule has 0 atom stereocenters. The lowest BCUT2D eigenvalue weighted by Crippen LogP contribution is -2.07. The zero-order chi connectivity index (χ0) is 23.2. The number of para-hydroxylation sites is 1. The molecule has 166 valence electrons. The second-order valence-electron chi connectivity index (χ2n) is 6.95. The fraction of sp³-hybridized carbons (Fsp3) is 0.0833. The molecule has 7 nitrogen and oxygen atoms in total. The zero-order valence-electron chi connectivity index (χ0n) is 17.7. The lowest BCUT2D eigenvalue weighted by molar-refractivity contribution is 0.334. The minimum absolute atomic E-state index is 0.275. The maximum absolute atomic E-state index is 13.8. The molecular weight excluding hydrogens is 443 g/mol. The predicted molar refractivity (Wildman–Crippen MR) is 129 cm³/mol. The molecule has 0 saturated heterocycles. The molecule has 9 heteroatoms. The number of benzene rings is 2. The molecule has 1 N–H and O–H groups in total. The quantitative estimate of drug-likeness (QED) is 0.230. The Kier molecular flexibility index (Phi) is 6.75. The highest BCUT2D eigenvalue weighted by Gasteiger charge is 2.16. The number of nitrogens with one attached hydrogen (secondary N) is 1. The molecule has 0 unspecified atom stereocenters. The Morgan fingerprint density at radius 2 is 2.00 bits per heavy atom. The monoisotopic (exact) mass is 462 g/mol. The molecule has 0 fully saturated rings. The van der Waals surface area contributed by atoms with Gasteiger partial charge in [0, 0.05) is 28.5 Å². The minimum Gasteiger partial charge on any atom is -0.501 e. The van der Waals surface area contributed by atoms with Gasteiger partial charge in [0.05, 0.1) is 19.2 Å². The third kappa shape index (κ3) is 5.07. The van der Waals surface area contributed by atoms with Gasteiger partial charge in [-0.15, -0.1) is 0 Å². The van der Waals surface area contributed by atoms with E-state index in [4.69, 9.17) is 21.4 Å². The molecule has 4 aromatic rings. The number of aromatic nitrogens is 3. The minimum atomic E-state index is -0.363. The number of nitrogens with zero attached hydrogens (tertiary/aromatic N) is 5. The average molecular weight is 463 g/mol. The Balaban J connectivity index is 1.76. The van der Waals surface area contributed by atoms with Gasteiger partial charge in [-0.05, 0) is 48.7 Å². The molecule has 0 amide bonds. The molecular formula is C24H20ClFN6O. The normalized spacial score (nSPS) is 12.1. The first-order valence-corrected chi connectivity index (χ1v) is 10.3. The van der Waals surface area contributed by atoms with E-state index in [9.17, 15) is 4.39 Å². The van der Waals surface area contributed by atoms with Crippen molar-refractivity contribution in [2.75, 3.05) is 12.4 Å². The molecule has 2 aromatic heterocycles. The highest BCUT2D eigenvalue weighted by molar-refractivity contribution is 6.31. The van der Waals surface area contributed by atoms with Gasteiger partial charge in [-0.2, -0.15) is 5.10 Å². The van der Waals surface area contributed by atoms with Crippen LogP contribution in [0.5, 0.6) is 0 Å². The summed E-state index contributed by atoms with van der Waals surface area (Å²) in [4.78, 5) is 12.7. The van der Waals surface area contributed by atoms with Crippen molar-refractivity contribution in [2.45, 2.75) is 6.54 Å². The van der Waals surface area contributed by atoms with E-state index in [0.717, 1.165) is 16.6 Å². The van der Waals surface area contributed by atoms with E-state index in [1.165, 1.54) is 31.6 Å². The number of amidine groups is 1. The molecule has 4 rings (SSSR count). The third-order valence-corrected chi connectivity index (χ3v) is 5.12. The maximum atomic E-state index is 13.8. The maximum Gasteiger partial charge on any atom is 0.182 e. The van der Waals surface area contributed by atoms with Crippen LogP contribution >= 0.6 is 11.6 Å². The van der Waals surface area contributed by atoms with Gasteiger partial charge in [-0.3, -0.25) is 9.67 Å². The van der Waals surface area contributed by atoms with E-state index in [1.54, 1.807) is 29.2 Å². The summed E-state index contributed by atoms with van der Waals surface area (Å²) in [5.41, 5.74) is 2.73. The third-order valence-electron chi connectivity index (χ3n) is 4.76. The number of aliphatic imine (C=N–C) groups is 2. The number of rotatable bonds is 7. The Morgan fingerprint density at radius 1 is 1.21 bits per heavy atom. The van der Waals surface area contributed by atoms with Gasteiger partial charge in [0.15, 0.2) is 11.7 Å². The van der Waals surface area contributed by atoms with Crippen LogP contribution in [-0.2, 0) is 11.3 Å². The summed E-state index contributed by atoms with van der Waals surface area (Å²) >= 11 is 6.28. The van der Waals surface area contributed by atoms with E-state index in [0.29, 0.717) is 27.9 Å². The molecule has 0 radical (unpaired) electrons. The van der Waals surface area contributed by atoms with Crippen molar-refractivity contribution in [1.82, 2.24) is 14.8 Å². The van der Waals surface area contributed by atoms with E-state index in [2.05, 4.69) is 27.0 Å². The first kappa shape index (κ1) is 22.2. The fourth-order valence-corrected chi connectivity index (χ4v) is 3.47. The Hall–Kier alpha value is -4.04. The van der Waals surface area contributed by atoms with Crippen molar-refractivity contribution >= 4 is 40.7 Å². The van der Waals surface area contributed by atoms with Crippen molar-refractivity contribution < 1.29 is 9.13 Å². The number of methoxy groups -OCH3 is 1. The highest BCUT2D eigenvalue weighted by Crippen LogP contribution is 2.24. The van der Waals surface area contributed by atoms with Crippen molar-refractivity contribution in [3.63, 3.8) is 0 Å². The van der Waals surface area contributed by atoms with Gasteiger partial charge in [0.2, 0.25) is 0 Å². The van der Waals surface area contributed by atoms with Crippen molar-refractivity contribution in [3.05, 3.63) is 101 Å². The standard InChI is InChI=1S/C24H20ClFN6O/c1-27-24(30-22(15-33-2)29-18-9-11-28-12-10-18)23-19-5-3-4-6-21(19)32(31-23)14-16-13-17(26)7-8-20(16)25/h3-13,15H,1,14H2,2H3,(H,28,29)/b22-15+,30-24?. The summed E-state index contributed by atoms with van der Waals surface area (Å²) in [5.74, 6) is 0.329. The molecule has 0 aliphatic heterocycles. The number of hydrogen-bond donors (Lipinski definition) is 1. The molecule has 0 spiro atoms. The summed E-state index contributed by atoms with van der Waals surface area (Å²) in [6.07, 6.45) is 4.78. The van der Waals surface area contributed by atoms with Crippen LogP contribution in [-0.4, -0.2) is 34.4 Å². The van der Waals surface area contributed by atoms with Gasteiger partial charge in [-0.25, -0.2) is 14.4 Å². The van der Waals surface area contributed by atoms with Crippen molar-refractivity contribution in [2.24, 2.45) is 9.98 Å². The van der Waals surface area contributed by atoms with Gasteiger partial charge in [0.25, 0.3) is 0 Å².